The van der Waals surface area contributed by atoms with E-state index in [-0.39, 0.29) is 21.8 Å². The number of rotatable bonds is 6. The molecule has 10 heteroatoms. The molecule has 2 heterocycles. The van der Waals surface area contributed by atoms with Crippen molar-refractivity contribution >= 4 is 56.5 Å². The number of nitrogens with zero attached hydrogens (tertiary/aromatic N) is 3. The van der Waals surface area contributed by atoms with E-state index in [1.807, 2.05) is 42.5 Å². The number of hydrogen-bond donors (Lipinski definition) is 1. The SMILES string of the molecule is Cc1ccc(/C(O)=C2\C(=O)C(=O)N(c3nnc(SCc4cccc5ccccc45)s3)C2c2ccccc2F)cc1F. The molecule has 0 bridgehead atoms. The summed E-state index contributed by atoms with van der Waals surface area (Å²) in [5.41, 5.74) is 1.07. The number of halogens is 2. The van der Waals surface area contributed by atoms with Crippen LogP contribution in [0.4, 0.5) is 13.9 Å². The number of fused-ring (bicyclic) bond motifs is 1. The van der Waals surface area contributed by atoms with E-state index in [9.17, 15) is 19.1 Å². The van der Waals surface area contributed by atoms with E-state index in [0.29, 0.717) is 15.7 Å². The van der Waals surface area contributed by atoms with Crippen LogP contribution < -0.4 is 4.90 Å². The molecule has 0 saturated carbocycles. The van der Waals surface area contributed by atoms with Crippen molar-refractivity contribution in [3.63, 3.8) is 0 Å². The number of hydrogen-bond acceptors (Lipinski definition) is 7. The minimum atomic E-state index is -1.33. The van der Waals surface area contributed by atoms with Crippen LogP contribution in [-0.4, -0.2) is 27.0 Å². The van der Waals surface area contributed by atoms with E-state index in [1.165, 1.54) is 42.1 Å². The fourth-order valence-corrected chi connectivity index (χ4v) is 6.70. The van der Waals surface area contributed by atoms with Crippen molar-refractivity contribution in [1.82, 2.24) is 10.2 Å². The zero-order valence-corrected chi connectivity index (χ0v) is 23.2. The second kappa shape index (κ2) is 10.9. The largest absolute Gasteiger partial charge is 0.507 e. The van der Waals surface area contributed by atoms with E-state index in [4.69, 9.17) is 0 Å². The average molecular weight is 586 g/mol. The molecule has 1 saturated heterocycles. The minimum absolute atomic E-state index is 0.00367. The van der Waals surface area contributed by atoms with Gasteiger partial charge < -0.3 is 5.11 Å². The maximum Gasteiger partial charge on any atom is 0.301 e. The van der Waals surface area contributed by atoms with Crippen molar-refractivity contribution in [1.29, 1.82) is 0 Å². The molecule has 1 amide bonds. The summed E-state index contributed by atoms with van der Waals surface area (Å²) < 4.78 is 30.0. The predicted molar refractivity (Wildman–Crippen MR) is 156 cm³/mol. The van der Waals surface area contributed by atoms with Crippen LogP contribution in [-0.2, 0) is 15.3 Å². The summed E-state index contributed by atoms with van der Waals surface area (Å²) in [7, 11) is 0. The molecular weight excluding hydrogens is 564 g/mol. The molecule has 0 spiro atoms. The van der Waals surface area contributed by atoms with Crippen LogP contribution >= 0.6 is 23.1 Å². The van der Waals surface area contributed by atoms with Gasteiger partial charge in [-0.15, -0.1) is 10.2 Å². The smallest absolute Gasteiger partial charge is 0.301 e. The number of amides is 1. The number of anilines is 1. The standard InChI is InChI=1S/C31H21F2N3O3S2/c1-17-13-14-19(15-24(17)33)27(37)25-26(22-11-4-5-12-23(22)32)36(29(39)28(25)38)30-34-35-31(41-30)40-16-20-9-6-8-18-7-2-3-10-21(18)20/h2-15,26,37H,16H2,1H3/b27-25+. The Morgan fingerprint density at radius 1 is 0.951 bits per heavy atom. The zero-order chi connectivity index (χ0) is 28.7. The van der Waals surface area contributed by atoms with Crippen LogP contribution in [0.2, 0.25) is 0 Å². The molecule has 1 aliphatic rings. The van der Waals surface area contributed by atoms with Gasteiger partial charge in [-0.2, -0.15) is 0 Å². The Labute approximate surface area is 242 Å². The normalized spacial score (nSPS) is 16.6. The number of aliphatic hydroxyl groups excluding tert-OH is 1. The third kappa shape index (κ3) is 4.89. The zero-order valence-electron chi connectivity index (χ0n) is 21.5. The third-order valence-electron chi connectivity index (χ3n) is 6.92. The second-order valence-corrected chi connectivity index (χ2v) is 11.6. The quantitative estimate of drug-likeness (QED) is 0.0746. The van der Waals surface area contributed by atoms with Gasteiger partial charge in [0.2, 0.25) is 5.13 Å². The number of benzene rings is 4. The Bertz CT molecular complexity index is 1870. The fourth-order valence-electron chi connectivity index (χ4n) is 4.83. The third-order valence-corrected chi connectivity index (χ3v) is 9.03. The molecule has 0 aliphatic carbocycles. The van der Waals surface area contributed by atoms with Crippen LogP contribution in [0.15, 0.2) is 94.8 Å². The van der Waals surface area contributed by atoms with E-state index < -0.39 is 35.1 Å². The molecule has 6 rings (SSSR count). The van der Waals surface area contributed by atoms with Crippen LogP contribution in [0.25, 0.3) is 16.5 Å². The van der Waals surface area contributed by atoms with Crippen LogP contribution in [0.1, 0.15) is 28.3 Å². The number of carbonyl (C=O) groups is 2. The van der Waals surface area contributed by atoms with E-state index >= 15 is 4.39 Å². The molecular formula is C31H21F2N3O3S2. The molecule has 1 aromatic heterocycles. The van der Waals surface area contributed by atoms with Gasteiger partial charge in [0.1, 0.15) is 23.4 Å². The number of aryl methyl sites for hydroxylation is 1. The van der Waals surface area contributed by atoms with Gasteiger partial charge in [0, 0.05) is 16.9 Å². The average Bonchev–Trinajstić information content (AvgIpc) is 3.55. The maximum atomic E-state index is 15.1. The summed E-state index contributed by atoms with van der Waals surface area (Å²) in [5, 5.41) is 21.9. The number of carbonyl (C=O) groups excluding carboxylic acids is 2. The maximum absolute atomic E-state index is 15.1. The van der Waals surface area contributed by atoms with Crippen LogP contribution in [0, 0.1) is 18.6 Å². The molecule has 5 aromatic rings. The molecule has 1 N–H and O–H groups in total. The number of aliphatic hydroxyl groups is 1. The molecule has 1 unspecified atom stereocenters. The summed E-state index contributed by atoms with van der Waals surface area (Å²) in [6.45, 7) is 1.56. The molecule has 1 aliphatic heterocycles. The van der Waals surface area contributed by atoms with Gasteiger partial charge in [-0.25, -0.2) is 8.78 Å². The first kappa shape index (κ1) is 26.8. The number of ketones is 1. The van der Waals surface area contributed by atoms with Crippen molar-refractivity contribution in [2.75, 3.05) is 4.90 Å². The highest BCUT2D eigenvalue weighted by molar-refractivity contribution is 8.00. The Kier molecular flexibility index (Phi) is 7.10. The molecule has 1 fully saturated rings. The monoisotopic (exact) mass is 585 g/mol. The topological polar surface area (TPSA) is 83.4 Å². The molecule has 6 nitrogen and oxygen atoms in total. The van der Waals surface area contributed by atoms with E-state index in [0.717, 1.165) is 38.6 Å². The van der Waals surface area contributed by atoms with Gasteiger partial charge >= 0.3 is 5.91 Å². The molecule has 204 valence electrons. The molecule has 1 atom stereocenters. The lowest BCUT2D eigenvalue weighted by atomic mass is 9.94. The fraction of sp³-hybridized carbons (Fsp3) is 0.0968. The van der Waals surface area contributed by atoms with E-state index in [1.54, 1.807) is 13.0 Å². The van der Waals surface area contributed by atoms with Gasteiger partial charge in [-0.1, -0.05) is 95.9 Å². The Morgan fingerprint density at radius 3 is 2.51 bits per heavy atom. The number of aromatic nitrogens is 2. The second-order valence-electron chi connectivity index (χ2n) is 9.43. The van der Waals surface area contributed by atoms with Crippen molar-refractivity contribution in [3.8, 4) is 0 Å². The first-order valence-corrected chi connectivity index (χ1v) is 14.4. The van der Waals surface area contributed by atoms with Gasteiger partial charge in [0.25, 0.3) is 5.78 Å². The van der Waals surface area contributed by atoms with Gasteiger partial charge in [0.15, 0.2) is 4.34 Å². The first-order valence-electron chi connectivity index (χ1n) is 12.6. The van der Waals surface area contributed by atoms with Gasteiger partial charge in [-0.05, 0) is 41.0 Å². The minimum Gasteiger partial charge on any atom is -0.507 e. The van der Waals surface area contributed by atoms with Gasteiger partial charge in [0.05, 0.1) is 5.57 Å². The van der Waals surface area contributed by atoms with Crippen molar-refractivity contribution in [2.24, 2.45) is 0 Å². The first-order chi connectivity index (χ1) is 19.8. The lowest BCUT2D eigenvalue weighted by molar-refractivity contribution is -0.132. The van der Waals surface area contributed by atoms with Crippen LogP contribution in [0.3, 0.4) is 0 Å². The summed E-state index contributed by atoms with van der Waals surface area (Å²) >= 11 is 2.51. The van der Waals surface area contributed by atoms with Crippen molar-refractivity contribution < 1.29 is 23.5 Å². The lowest BCUT2D eigenvalue weighted by Gasteiger charge is -2.22. The van der Waals surface area contributed by atoms with E-state index in [2.05, 4.69) is 10.2 Å². The highest BCUT2D eigenvalue weighted by Crippen LogP contribution is 2.44. The Morgan fingerprint density at radius 2 is 1.71 bits per heavy atom. The molecule has 4 aromatic carbocycles. The molecule has 41 heavy (non-hydrogen) atoms. The van der Waals surface area contributed by atoms with Gasteiger partial charge in [-0.3, -0.25) is 14.5 Å². The lowest BCUT2D eigenvalue weighted by Crippen LogP contribution is -2.29. The molecule has 0 radical (unpaired) electrons. The van der Waals surface area contributed by atoms with Crippen LogP contribution in [0.5, 0.6) is 0 Å². The highest BCUT2D eigenvalue weighted by atomic mass is 32.2. The Balaban J connectivity index is 1.39. The van der Waals surface area contributed by atoms with Crippen molar-refractivity contribution in [3.05, 3.63) is 124 Å². The highest BCUT2D eigenvalue weighted by Gasteiger charge is 2.49. The number of Topliss-reactive ketones (excluding diaryl/α,β-unsaturated/α-hetero) is 1. The number of thioether (sulfide) groups is 1. The summed E-state index contributed by atoms with van der Waals surface area (Å²) in [6.07, 6.45) is 0. The Hall–Kier alpha value is -4.41. The summed E-state index contributed by atoms with van der Waals surface area (Å²) in [6, 6.07) is 22.4. The summed E-state index contributed by atoms with van der Waals surface area (Å²) in [4.78, 5) is 27.7. The van der Waals surface area contributed by atoms with Crippen molar-refractivity contribution in [2.45, 2.75) is 23.1 Å². The summed E-state index contributed by atoms with van der Waals surface area (Å²) in [5.74, 6) is -3.31. The predicted octanol–water partition coefficient (Wildman–Crippen LogP) is 7.20.